The zero-order valence-electron chi connectivity index (χ0n) is 9.69. The number of rotatable bonds is 1. The summed E-state index contributed by atoms with van der Waals surface area (Å²) in [4.78, 5) is 15.6. The van der Waals surface area contributed by atoms with Gasteiger partial charge in [0.15, 0.2) is 0 Å². The lowest BCUT2D eigenvalue weighted by Gasteiger charge is -2.27. The van der Waals surface area contributed by atoms with E-state index >= 15 is 0 Å². The Kier molecular flexibility index (Phi) is 3.27. The Morgan fingerprint density at radius 3 is 2.56 bits per heavy atom. The van der Waals surface area contributed by atoms with Crippen molar-refractivity contribution in [3.63, 3.8) is 0 Å². The number of hydrogen-bond donors (Lipinski definition) is 0. The number of carbonyl (C=O) groups is 1. The summed E-state index contributed by atoms with van der Waals surface area (Å²) in [7, 11) is 0. The SMILES string of the molecule is CC1(OC(=O)n2ccnc2)CCCCCC1. The van der Waals surface area contributed by atoms with Gasteiger partial charge >= 0.3 is 6.09 Å². The maximum atomic E-state index is 11.8. The van der Waals surface area contributed by atoms with E-state index in [9.17, 15) is 4.79 Å². The molecule has 16 heavy (non-hydrogen) atoms. The van der Waals surface area contributed by atoms with Crippen LogP contribution < -0.4 is 0 Å². The summed E-state index contributed by atoms with van der Waals surface area (Å²) >= 11 is 0. The maximum absolute atomic E-state index is 11.8. The van der Waals surface area contributed by atoms with Gasteiger partial charge in [-0.2, -0.15) is 0 Å². The molecule has 0 bridgehead atoms. The van der Waals surface area contributed by atoms with Crippen LogP contribution in [0.1, 0.15) is 45.4 Å². The topological polar surface area (TPSA) is 44.1 Å². The van der Waals surface area contributed by atoms with Crippen LogP contribution in [-0.2, 0) is 4.74 Å². The van der Waals surface area contributed by atoms with Gasteiger partial charge in [-0.15, -0.1) is 0 Å². The Morgan fingerprint density at radius 1 is 1.31 bits per heavy atom. The fraction of sp³-hybridized carbons (Fsp3) is 0.667. The highest BCUT2D eigenvalue weighted by Gasteiger charge is 2.30. The summed E-state index contributed by atoms with van der Waals surface area (Å²) in [6.45, 7) is 2.03. The Labute approximate surface area is 95.6 Å². The first-order valence-electron chi connectivity index (χ1n) is 5.91. The van der Waals surface area contributed by atoms with Crippen molar-refractivity contribution >= 4 is 6.09 Å². The standard InChI is InChI=1S/C12H18N2O2/c1-12(6-4-2-3-5-7-12)16-11(15)14-9-8-13-10-14/h8-10H,2-7H2,1H3. The average Bonchev–Trinajstić information content (AvgIpc) is 2.69. The van der Waals surface area contributed by atoms with Crippen molar-refractivity contribution in [3.8, 4) is 0 Å². The molecule has 0 radical (unpaired) electrons. The normalized spacial score (nSPS) is 20.1. The van der Waals surface area contributed by atoms with Gasteiger partial charge in [-0.3, -0.25) is 0 Å². The largest absolute Gasteiger partial charge is 0.443 e. The lowest BCUT2D eigenvalue weighted by Crippen LogP contribution is -2.32. The Hall–Kier alpha value is -1.32. The molecule has 0 aliphatic heterocycles. The number of hydrogen-bond acceptors (Lipinski definition) is 3. The number of carbonyl (C=O) groups excluding carboxylic acids is 1. The van der Waals surface area contributed by atoms with Crippen LogP contribution in [-0.4, -0.2) is 21.2 Å². The first-order valence-corrected chi connectivity index (χ1v) is 5.91. The highest BCUT2D eigenvalue weighted by Crippen LogP contribution is 2.30. The van der Waals surface area contributed by atoms with E-state index in [1.807, 2.05) is 6.92 Å². The molecule has 1 aromatic heterocycles. The number of imidazole rings is 1. The van der Waals surface area contributed by atoms with E-state index in [1.54, 1.807) is 12.4 Å². The third-order valence-corrected chi connectivity index (χ3v) is 3.21. The van der Waals surface area contributed by atoms with Gasteiger partial charge < -0.3 is 4.74 Å². The van der Waals surface area contributed by atoms with E-state index in [0.29, 0.717) is 0 Å². The first kappa shape index (κ1) is 11.2. The van der Waals surface area contributed by atoms with E-state index in [0.717, 1.165) is 25.7 Å². The molecule has 4 nitrogen and oxygen atoms in total. The van der Waals surface area contributed by atoms with Gasteiger partial charge in [0.2, 0.25) is 0 Å². The fourth-order valence-electron chi connectivity index (χ4n) is 2.21. The summed E-state index contributed by atoms with van der Waals surface area (Å²) in [6.07, 6.45) is 11.1. The van der Waals surface area contributed by atoms with Crippen molar-refractivity contribution < 1.29 is 9.53 Å². The molecule has 1 aromatic rings. The van der Waals surface area contributed by atoms with E-state index in [2.05, 4.69) is 4.98 Å². The second kappa shape index (κ2) is 4.68. The van der Waals surface area contributed by atoms with Crippen molar-refractivity contribution in [1.29, 1.82) is 0 Å². The molecule has 1 saturated carbocycles. The summed E-state index contributed by atoms with van der Waals surface area (Å²) in [5.74, 6) is 0. The van der Waals surface area contributed by atoms with Gasteiger partial charge in [-0.1, -0.05) is 12.8 Å². The predicted octanol–water partition coefficient (Wildman–Crippen LogP) is 2.98. The number of ether oxygens (including phenoxy) is 1. The minimum atomic E-state index is -0.318. The van der Waals surface area contributed by atoms with Gasteiger partial charge in [0, 0.05) is 12.4 Å². The maximum Gasteiger partial charge on any atom is 0.419 e. The second-order valence-corrected chi connectivity index (χ2v) is 4.70. The van der Waals surface area contributed by atoms with E-state index in [1.165, 1.54) is 23.7 Å². The van der Waals surface area contributed by atoms with Crippen LogP contribution in [0.4, 0.5) is 4.79 Å². The molecule has 1 aliphatic rings. The molecule has 1 heterocycles. The number of aromatic nitrogens is 2. The van der Waals surface area contributed by atoms with Gasteiger partial charge in [0.1, 0.15) is 11.9 Å². The minimum Gasteiger partial charge on any atom is -0.443 e. The van der Waals surface area contributed by atoms with Crippen LogP contribution in [0.15, 0.2) is 18.7 Å². The molecule has 0 saturated heterocycles. The lowest BCUT2D eigenvalue weighted by atomic mass is 9.97. The Morgan fingerprint density at radius 2 is 2.00 bits per heavy atom. The quantitative estimate of drug-likeness (QED) is 0.686. The molecule has 1 aliphatic carbocycles. The summed E-state index contributed by atoms with van der Waals surface area (Å²) in [6, 6.07) is 0. The van der Waals surface area contributed by atoms with E-state index in [-0.39, 0.29) is 11.7 Å². The van der Waals surface area contributed by atoms with Crippen molar-refractivity contribution in [1.82, 2.24) is 9.55 Å². The summed E-state index contributed by atoms with van der Waals surface area (Å²) in [5.41, 5.74) is -0.294. The third kappa shape index (κ3) is 2.62. The van der Waals surface area contributed by atoms with E-state index < -0.39 is 0 Å². The molecule has 4 heteroatoms. The van der Waals surface area contributed by atoms with Crippen LogP contribution in [0, 0.1) is 0 Å². The molecule has 0 unspecified atom stereocenters. The van der Waals surface area contributed by atoms with Crippen LogP contribution in [0.3, 0.4) is 0 Å². The Balaban J connectivity index is 1.99. The smallest absolute Gasteiger partial charge is 0.419 e. The minimum absolute atomic E-state index is 0.294. The van der Waals surface area contributed by atoms with Crippen molar-refractivity contribution in [3.05, 3.63) is 18.7 Å². The van der Waals surface area contributed by atoms with Gasteiger partial charge in [-0.25, -0.2) is 14.3 Å². The molecule has 0 atom stereocenters. The van der Waals surface area contributed by atoms with Crippen molar-refractivity contribution in [2.75, 3.05) is 0 Å². The molecule has 0 spiro atoms. The van der Waals surface area contributed by atoms with Gasteiger partial charge in [0.25, 0.3) is 0 Å². The molecule has 1 fully saturated rings. The van der Waals surface area contributed by atoms with Crippen molar-refractivity contribution in [2.45, 2.75) is 51.0 Å². The summed E-state index contributed by atoms with van der Waals surface area (Å²) in [5, 5.41) is 0. The fourth-order valence-corrected chi connectivity index (χ4v) is 2.21. The van der Waals surface area contributed by atoms with Crippen molar-refractivity contribution in [2.24, 2.45) is 0 Å². The molecule has 88 valence electrons. The number of nitrogens with zero attached hydrogens (tertiary/aromatic N) is 2. The van der Waals surface area contributed by atoms with Crippen LogP contribution in [0.5, 0.6) is 0 Å². The third-order valence-electron chi connectivity index (χ3n) is 3.21. The second-order valence-electron chi connectivity index (χ2n) is 4.70. The molecule has 0 amide bonds. The Bertz CT molecular complexity index is 338. The lowest BCUT2D eigenvalue weighted by molar-refractivity contribution is 0.0145. The zero-order chi connectivity index (χ0) is 11.4. The molecule has 0 aromatic carbocycles. The molecular formula is C12H18N2O2. The predicted molar refractivity (Wildman–Crippen MR) is 60.2 cm³/mol. The summed E-state index contributed by atoms with van der Waals surface area (Å²) < 4.78 is 6.97. The molecule has 0 N–H and O–H groups in total. The van der Waals surface area contributed by atoms with Crippen LogP contribution in [0.25, 0.3) is 0 Å². The van der Waals surface area contributed by atoms with Crippen LogP contribution in [0.2, 0.25) is 0 Å². The monoisotopic (exact) mass is 222 g/mol. The molecule has 2 rings (SSSR count). The average molecular weight is 222 g/mol. The molecular weight excluding hydrogens is 204 g/mol. The first-order chi connectivity index (χ1) is 7.70. The van der Waals surface area contributed by atoms with Gasteiger partial charge in [-0.05, 0) is 32.6 Å². The highest BCUT2D eigenvalue weighted by atomic mass is 16.6. The van der Waals surface area contributed by atoms with Crippen LogP contribution >= 0.6 is 0 Å². The van der Waals surface area contributed by atoms with E-state index in [4.69, 9.17) is 4.74 Å². The highest BCUT2D eigenvalue weighted by molar-refractivity contribution is 5.70. The zero-order valence-corrected chi connectivity index (χ0v) is 9.69. The van der Waals surface area contributed by atoms with Gasteiger partial charge in [0.05, 0.1) is 0 Å².